The van der Waals surface area contributed by atoms with E-state index in [1.54, 1.807) is 18.5 Å². The normalized spacial score (nSPS) is 25.5. The second kappa shape index (κ2) is 6.08. The van der Waals surface area contributed by atoms with Gasteiger partial charge in [0.2, 0.25) is 0 Å². The number of amides is 1. The number of aromatic amines is 1. The van der Waals surface area contributed by atoms with E-state index < -0.39 is 0 Å². The van der Waals surface area contributed by atoms with E-state index in [0.717, 1.165) is 28.6 Å². The number of imidazole rings is 1. The van der Waals surface area contributed by atoms with Gasteiger partial charge in [-0.1, -0.05) is 13.8 Å². The first kappa shape index (κ1) is 17.7. The lowest BCUT2D eigenvalue weighted by Crippen LogP contribution is -2.59. The van der Waals surface area contributed by atoms with Gasteiger partial charge in [-0.15, -0.1) is 0 Å². The van der Waals surface area contributed by atoms with E-state index in [-0.39, 0.29) is 29.0 Å². The fourth-order valence-electron chi connectivity index (χ4n) is 5.24. The van der Waals surface area contributed by atoms with Crippen molar-refractivity contribution in [2.45, 2.75) is 38.1 Å². The fraction of sp³-hybridized carbons (Fsp3) is 0.348. The maximum atomic E-state index is 13.4. The highest BCUT2D eigenvalue weighted by Crippen LogP contribution is 2.50. The molecule has 0 saturated carbocycles. The number of H-pyrrole nitrogens is 1. The van der Waals surface area contributed by atoms with Gasteiger partial charge in [0.1, 0.15) is 11.8 Å². The van der Waals surface area contributed by atoms with Crippen LogP contribution in [0.5, 0.6) is 5.75 Å². The van der Waals surface area contributed by atoms with Crippen LogP contribution in [0, 0.1) is 17.2 Å². The summed E-state index contributed by atoms with van der Waals surface area (Å²) in [5, 5.41) is 19.5. The highest BCUT2D eigenvalue weighted by Gasteiger charge is 2.50. The van der Waals surface area contributed by atoms with E-state index >= 15 is 0 Å². The van der Waals surface area contributed by atoms with Gasteiger partial charge in [0.05, 0.1) is 22.9 Å². The summed E-state index contributed by atoms with van der Waals surface area (Å²) in [6.45, 7) is 5.08. The maximum Gasteiger partial charge on any atom is 0.254 e. The van der Waals surface area contributed by atoms with E-state index in [4.69, 9.17) is 0 Å². The number of likely N-dealkylation sites (tertiary alicyclic amines) is 1. The summed E-state index contributed by atoms with van der Waals surface area (Å²) in [5.74, 6) is 0.323. The highest BCUT2D eigenvalue weighted by molar-refractivity contribution is 5.97. The quantitative estimate of drug-likeness (QED) is 0.669. The number of nitriles is 1. The third-order valence-electron chi connectivity index (χ3n) is 7.17. The Kier molecular flexibility index (Phi) is 3.72. The molecule has 1 fully saturated rings. The van der Waals surface area contributed by atoms with Crippen molar-refractivity contribution >= 4 is 16.9 Å². The summed E-state index contributed by atoms with van der Waals surface area (Å²) in [6, 6.07) is 11.3. The van der Waals surface area contributed by atoms with Gasteiger partial charge in [0, 0.05) is 18.2 Å². The van der Waals surface area contributed by atoms with Crippen LogP contribution in [0.2, 0.25) is 0 Å². The van der Waals surface area contributed by atoms with Gasteiger partial charge >= 0.3 is 0 Å². The average molecular weight is 386 g/mol. The van der Waals surface area contributed by atoms with E-state index in [2.05, 4.69) is 29.9 Å². The summed E-state index contributed by atoms with van der Waals surface area (Å²) in [5.41, 5.74) is 4.70. The topological polar surface area (TPSA) is 93.0 Å². The Morgan fingerprint density at radius 3 is 3.00 bits per heavy atom. The van der Waals surface area contributed by atoms with Crippen molar-refractivity contribution in [3.05, 3.63) is 58.9 Å². The number of phenolic OH excluding ortho intramolecular Hbond substituents is 1. The van der Waals surface area contributed by atoms with Crippen LogP contribution in [0.15, 0.2) is 36.7 Å². The molecule has 146 valence electrons. The molecule has 5 rings (SSSR count). The molecule has 1 aromatic heterocycles. The van der Waals surface area contributed by atoms with Gasteiger partial charge in [-0.25, -0.2) is 4.98 Å². The first-order valence-corrected chi connectivity index (χ1v) is 9.93. The number of carbonyl (C=O) groups is 1. The molecular weight excluding hydrogens is 364 g/mol. The van der Waals surface area contributed by atoms with Crippen molar-refractivity contribution in [1.29, 1.82) is 5.26 Å². The number of phenols is 1. The van der Waals surface area contributed by atoms with Crippen molar-refractivity contribution in [3.8, 4) is 11.8 Å². The minimum Gasteiger partial charge on any atom is -0.507 e. The smallest absolute Gasteiger partial charge is 0.254 e. The lowest BCUT2D eigenvalue weighted by molar-refractivity contribution is 0.0250. The van der Waals surface area contributed by atoms with Gasteiger partial charge in [-0.2, -0.15) is 5.26 Å². The Morgan fingerprint density at radius 2 is 2.21 bits per heavy atom. The predicted octanol–water partition coefficient (Wildman–Crippen LogP) is 3.50. The molecule has 0 spiro atoms. The third kappa shape index (κ3) is 2.47. The Labute approximate surface area is 168 Å². The Hall–Kier alpha value is -3.33. The molecule has 1 saturated heterocycles. The van der Waals surface area contributed by atoms with Crippen molar-refractivity contribution in [1.82, 2.24) is 14.9 Å². The minimum absolute atomic E-state index is 0.0307. The number of hydrogen-bond acceptors (Lipinski definition) is 4. The van der Waals surface area contributed by atoms with E-state index in [1.807, 2.05) is 23.1 Å². The van der Waals surface area contributed by atoms with Crippen LogP contribution in [0.25, 0.3) is 11.0 Å². The van der Waals surface area contributed by atoms with Crippen LogP contribution in [-0.2, 0) is 11.8 Å². The molecule has 1 unspecified atom stereocenters. The van der Waals surface area contributed by atoms with Crippen molar-refractivity contribution < 1.29 is 9.90 Å². The molecular formula is C23H22N4O2. The second-order valence-corrected chi connectivity index (χ2v) is 8.50. The van der Waals surface area contributed by atoms with E-state index in [0.29, 0.717) is 24.1 Å². The number of benzene rings is 2. The number of hydrogen-bond donors (Lipinski definition) is 2. The van der Waals surface area contributed by atoms with E-state index in [9.17, 15) is 15.2 Å². The molecule has 0 radical (unpaired) electrons. The van der Waals surface area contributed by atoms with Gasteiger partial charge < -0.3 is 15.0 Å². The Balaban J connectivity index is 1.54. The van der Waals surface area contributed by atoms with Crippen LogP contribution in [0.3, 0.4) is 0 Å². The molecule has 1 aliphatic carbocycles. The first-order valence-electron chi connectivity index (χ1n) is 9.93. The summed E-state index contributed by atoms with van der Waals surface area (Å²) in [4.78, 5) is 22.7. The molecule has 3 aromatic rings. The zero-order valence-electron chi connectivity index (χ0n) is 16.4. The predicted molar refractivity (Wildman–Crippen MR) is 109 cm³/mol. The summed E-state index contributed by atoms with van der Waals surface area (Å²) >= 11 is 0. The Bertz CT molecular complexity index is 1190. The molecule has 1 amide bonds. The molecule has 2 N–H and O–H groups in total. The van der Waals surface area contributed by atoms with Crippen molar-refractivity contribution in [2.24, 2.45) is 5.92 Å². The van der Waals surface area contributed by atoms with Gasteiger partial charge in [0.25, 0.3) is 5.91 Å². The monoisotopic (exact) mass is 386 g/mol. The largest absolute Gasteiger partial charge is 0.507 e. The molecule has 2 aliphatic rings. The van der Waals surface area contributed by atoms with Crippen molar-refractivity contribution in [3.63, 3.8) is 0 Å². The van der Waals surface area contributed by atoms with Crippen LogP contribution < -0.4 is 0 Å². The van der Waals surface area contributed by atoms with Crippen LogP contribution in [0.4, 0.5) is 0 Å². The highest BCUT2D eigenvalue weighted by atomic mass is 16.3. The molecule has 2 aromatic carbocycles. The number of rotatable bonds is 1. The first-order chi connectivity index (χ1) is 13.9. The molecule has 1 aliphatic heterocycles. The van der Waals surface area contributed by atoms with Crippen LogP contribution >= 0.6 is 0 Å². The maximum absolute atomic E-state index is 13.4. The molecule has 29 heavy (non-hydrogen) atoms. The molecule has 2 bridgehead atoms. The number of aromatic nitrogens is 2. The molecule has 6 nitrogen and oxygen atoms in total. The number of piperidine rings is 1. The molecule has 3 atom stereocenters. The lowest BCUT2D eigenvalue weighted by Gasteiger charge is -2.54. The number of nitrogens with one attached hydrogen (secondary N) is 1. The molecule has 6 heteroatoms. The number of nitrogens with zero attached hydrogens (tertiary/aromatic N) is 3. The fourth-order valence-corrected chi connectivity index (χ4v) is 5.24. The van der Waals surface area contributed by atoms with Gasteiger partial charge in [0.15, 0.2) is 0 Å². The van der Waals surface area contributed by atoms with Gasteiger partial charge in [-0.05, 0) is 65.6 Å². The third-order valence-corrected chi connectivity index (χ3v) is 7.17. The minimum atomic E-state index is -0.131. The number of aromatic hydroxyl groups is 1. The number of carbonyl (C=O) groups excluding carboxylic acids is 1. The summed E-state index contributed by atoms with van der Waals surface area (Å²) in [7, 11) is 0. The summed E-state index contributed by atoms with van der Waals surface area (Å²) in [6.07, 6.45) is 3.15. The lowest BCUT2D eigenvalue weighted by atomic mass is 9.58. The standard InChI is InChI=1S/C23H22N4O2/c1-13-20-9-15-7-16(11-24)21(28)10-17(15)23(13,2)5-6-27(20)22(29)14-3-4-18-19(8-14)26-12-25-18/h3-4,7-8,10,12-13,20,28H,5-6,9H2,1-2H3,(H,25,26)/t13-,20?,23-/m1/s1. The molecule has 2 heterocycles. The van der Waals surface area contributed by atoms with Crippen molar-refractivity contribution in [2.75, 3.05) is 6.54 Å². The number of fused-ring (bicyclic) bond motifs is 5. The Morgan fingerprint density at radius 1 is 1.38 bits per heavy atom. The SMILES string of the molecule is C[C@@H]1C2Cc3cc(C#N)c(O)cc3[C@]1(C)CCN2C(=O)c1ccc2nc[nH]c2c1. The van der Waals surface area contributed by atoms with E-state index in [1.165, 1.54) is 0 Å². The zero-order chi connectivity index (χ0) is 20.3. The van der Waals surface area contributed by atoms with Crippen LogP contribution in [-0.4, -0.2) is 38.5 Å². The second-order valence-electron chi connectivity index (χ2n) is 8.50. The van der Waals surface area contributed by atoms with Crippen LogP contribution in [0.1, 0.15) is 47.3 Å². The van der Waals surface area contributed by atoms with Gasteiger partial charge in [-0.3, -0.25) is 4.79 Å². The zero-order valence-corrected chi connectivity index (χ0v) is 16.4. The summed E-state index contributed by atoms with van der Waals surface area (Å²) < 4.78 is 0. The average Bonchev–Trinajstić information content (AvgIpc) is 3.18.